The van der Waals surface area contributed by atoms with Gasteiger partial charge in [0.25, 0.3) is 0 Å². The fourth-order valence-corrected chi connectivity index (χ4v) is 2.39. The molecule has 2 heterocycles. The Hall–Kier alpha value is -3.14. The van der Waals surface area contributed by atoms with Crippen LogP contribution >= 0.6 is 0 Å². The van der Waals surface area contributed by atoms with Crippen LogP contribution in [-0.2, 0) is 19.3 Å². The van der Waals surface area contributed by atoms with Crippen LogP contribution in [-0.4, -0.2) is 33.9 Å². The first-order valence-electron chi connectivity index (χ1n) is 8.40. The van der Waals surface area contributed by atoms with E-state index < -0.39 is 11.7 Å². The second-order valence-corrected chi connectivity index (χ2v) is 6.27. The number of nitrogens with zero attached hydrogens (tertiary/aromatic N) is 4. The largest absolute Gasteiger partial charge is 0.467 e. The predicted octanol–water partition coefficient (Wildman–Crippen LogP) is 3.90. The maximum Gasteiger partial charge on any atom is 0.416 e. The zero-order valence-electron chi connectivity index (χ0n) is 15.3. The second kappa shape index (κ2) is 8.26. The molecule has 0 amide bonds. The lowest BCUT2D eigenvalue weighted by molar-refractivity contribution is -0.137. The lowest BCUT2D eigenvalue weighted by atomic mass is 10.2. The zero-order chi connectivity index (χ0) is 20.1. The monoisotopic (exact) mass is 392 g/mol. The molecule has 0 unspecified atom stereocenters. The highest BCUT2D eigenvalue weighted by Gasteiger charge is 2.30. The van der Waals surface area contributed by atoms with Gasteiger partial charge >= 0.3 is 6.18 Å². The predicted molar refractivity (Wildman–Crippen MR) is 98.0 cm³/mol. The van der Waals surface area contributed by atoms with Crippen LogP contribution in [0.1, 0.15) is 17.1 Å². The molecule has 0 radical (unpaired) electrons. The molecule has 0 bridgehead atoms. The van der Waals surface area contributed by atoms with Crippen LogP contribution < -0.4 is 10.6 Å². The molecule has 0 saturated carbocycles. The molecule has 0 atom stereocenters. The zero-order valence-corrected chi connectivity index (χ0v) is 15.3. The third kappa shape index (κ3) is 5.43. The van der Waals surface area contributed by atoms with Crippen LogP contribution in [0, 0.1) is 0 Å². The maximum absolute atomic E-state index is 12.9. The Morgan fingerprint density at radius 1 is 1.04 bits per heavy atom. The van der Waals surface area contributed by atoms with Gasteiger partial charge in [0, 0.05) is 5.69 Å². The van der Waals surface area contributed by atoms with E-state index in [9.17, 15) is 13.2 Å². The summed E-state index contributed by atoms with van der Waals surface area (Å²) >= 11 is 0. The summed E-state index contributed by atoms with van der Waals surface area (Å²) in [7, 11) is 3.72. The van der Waals surface area contributed by atoms with Gasteiger partial charge in [-0.05, 0) is 44.4 Å². The van der Waals surface area contributed by atoms with Crippen molar-refractivity contribution < 1.29 is 17.6 Å². The van der Waals surface area contributed by atoms with Crippen LogP contribution in [0.2, 0.25) is 0 Å². The van der Waals surface area contributed by atoms with Crippen molar-refractivity contribution in [3.63, 3.8) is 0 Å². The highest BCUT2D eigenvalue weighted by molar-refractivity contribution is 5.55. The average molecular weight is 392 g/mol. The highest BCUT2D eigenvalue weighted by Crippen LogP contribution is 2.31. The molecule has 7 nitrogen and oxygen atoms in total. The van der Waals surface area contributed by atoms with Crippen LogP contribution in [0.5, 0.6) is 0 Å². The van der Waals surface area contributed by atoms with Gasteiger partial charge in [-0.3, -0.25) is 0 Å². The quantitative estimate of drug-likeness (QED) is 0.631. The number of halogens is 3. The van der Waals surface area contributed by atoms with Crippen molar-refractivity contribution in [2.45, 2.75) is 19.3 Å². The Morgan fingerprint density at radius 2 is 1.82 bits per heavy atom. The average Bonchev–Trinajstić information content (AvgIpc) is 3.12. The Bertz CT molecular complexity index is 912. The van der Waals surface area contributed by atoms with E-state index in [1.807, 2.05) is 19.0 Å². The summed E-state index contributed by atoms with van der Waals surface area (Å²) in [5, 5.41) is 5.85. The molecule has 148 valence electrons. The summed E-state index contributed by atoms with van der Waals surface area (Å²) in [6.07, 6.45) is -2.87. The molecule has 0 aliphatic heterocycles. The van der Waals surface area contributed by atoms with Crippen molar-refractivity contribution in [1.82, 2.24) is 19.9 Å². The first-order chi connectivity index (χ1) is 13.3. The lowest BCUT2D eigenvalue weighted by Crippen LogP contribution is -2.16. The molecule has 2 N–H and O–H groups in total. The fraction of sp³-hybridized carbons (Fsp3) is 0.278. The number of aromatic nitrogens is 3. The van der Waals surface area contributed by atoms with Gasteiger partial charge in [0.05, 0.1) is 24.9 Å². The van der Waals surface area contributed by atoms with Crippen molar-refractivity contribution >= 4 is 17.6 Å². The molecular weight excluding hydrogens is 373 g/mol. The molecule has 0 fully saturated rings. The molecule has 2 aromatic heterocycles. The number of hydrogen-bond donors (Lipinski definition) is 2. The molecular formula is C18H19F3N6O. The van der Waals surface area contributed by atoms with E-state index in [1.165, 1.54) is 12.1 Å². The standard InChI is InChI=1S/C18H19F3N6O/c1-27(2)11-15-24-16(22-10-14-7-4-8-28-14)26-17(25-15)23-13-6-3-5-12(9-13)18(19,20)21/h3-9H,10-11H2,1-2H3,(H2,22,23,24,25,26). The topological polar surface area (TPSA) is 79.1 Å². The van der Waals surface area contributed by atoms with E-state index in [0.29, 0.717) is 24.7 Å². The number of benzene rings is 1. The van der Waals surface area contributed by atoms with Crippen molar-refractivity contribution in [1.29, 1.82) is 0 Å². The van der Waals surface area contributed by atoms with E-state index in [4.69, 9.17) is 4.42 Å². The number of alkyl halides is 3. The van der Waals surface area contributed by atoms with Crippen molar-refractivity contribution in [3.05, 3.63) is 59.8 Å². The van der Waals surface area contributed by atoms with Gasteiger partial charge in [0.2, 0.25) is 11.9 Å². The third-order valence-corrected chi connectivity index (χ3v) is 3.59. The minimum atomic E-state index is -4.43. The number of rotatable bonds is 7. The van der Waals surface area contributed by atoms with Gasteiger partial charge in [0.1, 0.15) is 11.6 Å². The Balaban J connectivity index is 1.83. The maximum atomic E-state index is 12.9. The van der Waals surface area contributed by atoms with Gasteiger partial charge in [-0.25, -0.2) is 0 Å². The molecule has 3 aromatic rings. The normalized spacial score (nSPS) is 11.6. The summed E-state index contributed by atoms with van der Waals surface area (Å²) in [5.74, 6) is 1.60. The molecule has 10 heteroatoms. The number of nitrogens with one attached hydrogen (secondary N) is 2. The van der Waals surface area contributed by atoms with Crippen LogP contribution in [0.25, 0.3) is 0 Å². The van der Waals surface area contributed by atoms with Gasteiger partial charge in [-0.15, -0.1) is 0 Å². The fourth-order valence-electron chi connectivity index (χ4n) is 2.39. The smallest absolute Gasteiger partial charge is 0.416 e. The summed E-state index contributed by atoms with van der Waals surface area (Å²) in [4.78, 5) is 14.7. The highest BCUT2D eigenvalue weighted by atomic mass is 19.4. The van der Waals surface area contributed by atoms with E-state index in [0.717, 1.165) is 12.1 Å². The van der Waals surface area contributed by atoms with E-state index in [2.05, 4.69) is 25.6 Å². The van der Waals surface area contributed by atoms with Crippen molar-refractivity contribution in [3.8, 4) is 0 Å². The first-order valence-corrected chi connectivity index (χ1v) is 8.40. The third-order valence-electron chi connectivity index (χ3n) is 3.59. The van der Waals surface area contributed by atoms with E-state index >= 15 is 0 Å². The number of furan rings is 1. The van der Waals surface area contributed by atoms with E-state index in [-0.39, 0.29) is 17.6 Å². The Kier molecular flexibility index (Phi) is 5.78. The molecule has 0 saturated heterocycles. The Morgan fingerprint density at radius 3 is 2.50 bits per heavy atom. The van der Waals surface area contributed by atoms with Gasteiger partial charge in [-0.1, -0.05) is 6.07 Å². The van der Waals surface area contributed by atoms with Crippen LogP contribution in [0.15, 0.2) is 47.1 Å². The van der Waals surface area contributed by atoms with Gasteiger partial charge in [-0.2, -0.15) is 28.1 Å². The SMILES string of the molecule is CN(C)Cc1nc(NCc2ccco2)nc(Nc2cccc(C(F)(F)F)c2)n1. The summed E-state index contributed by atoms with van der Waals surface area (Å²) in [6, 6.07) is 8.42. The van der Waals surface area contributed by atoms with E-state index in [1.54, 1.807) is 18.4 Å². The van der Waals surface area contributed by atoms with Gasteiger partial charge < -0.3 is 20.0 Å². The minimum absolute atomic E-state index is 0.146. The Labute approximate surface area is 159 Å². The van der Waals surface area contributed by atoms with Crippen LogP contribution in [0.4, 0.5) is 30.8 Å². The molecule has 1 aromatic carbocycles. The summed E-state index contributed by atoms with van der Waals surface area (Å²) < 4.78 is 44.0. The molecule has 3 rings (SSSR count). The molecule has 0 aliphatic rings. The van der Waals surface area contributed by atoms with Gasteiger partial charge in [0.15, 0.2) is 0 Å². The molecule has 0 spiro atoms. The summed E-state index contributed by atoms with van der Waals surface area (Å²) in [5.41, 5.74) is -0.523. The lowest BCUT2D eigenvalue weighted by Gasteiger charge is -2.13. The molecule has 0 aliphatic carbocycles. The molecule has 28 heavy (non-hydrogen) atoms. The van der Waals surface area contributed by atoms with Crippen LogP contribution in [0.3, 0.4) is 0 Å². The first kappa shape index (κ1) is 19.6. The second-order valence-electron chi connectivity index (χ2n) is 6.27. The minimum Gasteiger partial charge on any atom is -0.467 e. The summed E-state index contributed by atoms with van der Waals surface area (Å²) in [6.45, 7) is 0.802. The number of anilines is 3. The van der Waals surface area contributed by atoms with Crippen molar-refractivity contribution in [2.24, 2.45) is 0 Å². The number of hydrogen-bond acceptors (Lipinski definition) is 7. The van der Waals surface area contributed by atoms with Crippen molar-refractivity contribution in [2.75, 3.05) is 24.7 Å².